The summed E-state index contributed by atoms with van der Waals surface area (Å²) in [6, 6.07) is 14.4. The molecule has 9 heteroatoms. The maximum Gasteiger partial charge on any atom is 0.263 e. The number of rotatable bonds is 7. The van der Waals surface area contributed by atoms with Gasteiger partial charge >= 0.3 is 0 Å². The van der Waals surface area contributed by atoms with Gasteiger partial charge in [-0.25, -0.2) is 18.4 Å². The Balaban J connectivity index is 1.39. The maximum absolute atomic E-state index is 12.7. The van der Waals surface area contributed by atoms with E-state index in [1.807, 2.05) is 12.3 Å². The summed E-state index contributed by atoms with van der Waals surface area (Å²) < 4.78 is 28.0. The van der Waals surface area contributed by atoms with E-state index in [4.69, 9.17) is 16.6 Å². The van der Waals surface area contributed by atoms with Gasteiger partial charge in [-0.05, 0) is 61.2 Å². The lowest BCUT2D eigenvalue weighted by Crippen LogP contribution is -2.23. The van der Waals surface area contributed by atoms with E-state index < -0.39 is 10.0 Å². The molecule has 2 aromatic heterocycles. The summed E-state index contributed by atoms with van der Waals surface area (Å²) in [5.41, 5.74) is 4.07. The summed E-state index contributed by atoms with van der Waals surface area (Å²) in [6.07, 6.45) is 10.3. The van der Waals surface area contributed by atoms with Crippen LogP contribution in [-0.4, -0.2) is 29.4 Å². The van der Waals surface area contributed by atoms with Gasteiger partial charge in [-0.3, -0.25) is 9.71 Å². The zero-order valence-electron chi connectivity index (χ0n) is 20.0. The summed E-state index contributed by atoms with van der Waals surface area (Å²) >= 11 is 6.07. The zero-order valence-corrected chi connectivity index (χ0v) is 21.6. The number of nitrogens with zero attached hydrogens (tertiary/aromatic N) is 3. The molecule has 1 saturated carbocycles. The summed E-state index contributed by atoms with van der Waals surface area (Å²) in [6.45, 7) is 2.11. The summed E-state index contributed by atoms with van der Waals surface area (Å²) in [5, 5.41) is 4.62. The monoisotopic (exact) mass is 521 g/mol. The first-order valence-corrected chi connectivity index (χ1v) is 14.1. The first-order chi connectivity index (χ1) is 17.4. The SMILES string of the molecule is CCc1cc(-c2ccc(NS(=O)(=O)c3ccccc3Cl)cn2)cc2cnc(NC3CCCCC3)nc12. The lowest BCUT2D eigenvalue weighted by Gasteiger charge is -2.22. The second-order valence-electron chi connectivity index (χ2n) is 9.07. The molecule has 1 aliphatic carbocycles. The molecule has 0 amide bonds. The van der Waals surface area contributed by atoms with Crippen LogP contribution in [0.5, 0.6) is 0 Å². The number of fused-ring (bicyclic) bond motifs is 1. The number of hydrogen-bond donors (Lipinski definition) is 2. The Kier molecular flexibility index (Phi) is 7.07. The number of sulfonamides is 1. The lowest BCUT2D eigenvalue weighted by atomic mass is 9.96. The van der Waals surface area contributed by atoms with Crippen LogP contribution < -0.4 is 10.0 Å². The minimum atomic E-state index is -3.82. The minimum absolute atomic E-state index is 0.0233. The van der Waals surface area contributed by atoms with Crippen LogP contribution in [0.15, 0.2) is 65.8 Å². The van der Waals surface area contributed by atoms with Gasteiger partial charge in [0.15, 0.2) is 0 Å². The van der Waals surface area contributed by atoms with Crippen LogP contribution in [0, 0.1) is 0 Å². The number of aryl methyl sites for hydroxylation is 1. The summed E-state index contributed by atoms with van der Waals surface area (Å²) in [7, 11) is -3.82. The van der Waals surface area contributed by atoms with Gasteiger partial charge in [-0.1, -0.05) is 49.9 Å². The molecule has 7 nitrogen and oxygen atoms in total. The molecule has 0 saturated heterocycles. The van der Waals surface area contributed by atoms with E-state index in [-0.39, 0.29) is 9.92 Å². The number of anilines is 2. The van der Waals surface area contributed by atoms with E-state index >= 15 is 0 Å². The predicted molar refractivity (Wildman–Crippen MR) is 145 cm³/mol. The molecule has 0 bridgehead atoms. The van der Waals surface area contributed by atoms with Crippen molar-refractivity contribution in [1.82, 2.24) is 15.0 Å². The Morgan fingerprint density at radius 3 is 2.53 bits per heavy atom. The molecule has 5 rings (SSSR count). The van der Waals surface area contributed by atoms with Crippen molar-refractivity contribution in [2.75, 3.05) is 10.0 Å². The van der Waals surface area contributed by atoms with Gasteiger partial charge in [-0.2, -0.15) is 0 Å². The second kappa shape index (κ2) is 10.4. The molecule has 36 heavy (non-hydrogen) atoms. The Morgan fingerprint density at radius 2 is 1.81 bits per heavy atom. The van der Waals surface area contributed by atoms with Crippen LogP contribution in [0.3, 0.4) is 0 Å². The van der Waals surface area contributed by atoms with Crippen LogP contribution >= 0.6 is 11.6 Å². The van der Waals surface area contributed by atoms with Gasteiger partial charge in [0.2, 0.25) is 5.95 Å². The molecule has 1 aliphatic rings. The van der Waals surface area contributed by atoms with Gasteiger partial charge in [0.1, 0.15) is 4.90 Å². The van der Waals surface area contributed by atoms with E-state index in [1.165, 1.54) is 31.5 Å². The van der Waals surface area contributed by atoms with Gasteiger partial charge < -0.3 is 5.32 Å². The summed E-state index contributed by atoms with van der Waals surface area (Å²) in [4.78, 5) is 13.9. The second-order valence-corrected chi connectivity index (χ2v) is 11.1. The highest BCUT2D eigenvalue weighted by Crippen LogP contribution is 2.29. The van der Waals surface area contributed by atoms with Crippen molar-refractivity contribution in [3.63, 3.8) is 0 Å². The largest absolute Gasteiger partial charge is 0.351 e. The Hall–Kier alpha value is -3.23. The Morgan fingerprint density at radius 1 is 1.00 bits per heavy atom. The number of aromatic nitrogens is 3. The quantitative estimate of drug-likeness (QED) is 0.290. The van der Waals surface area contributed by atoms with Crippen molar-refractivity contribution in [1.29, 1.82) is 0 Å². The third-order valence-electron chi connectivity index (χ3n) is 6.52. The zero-order chi connectivity index (χ0) is 25.1. The molecule has 0 spiro atoms. The number of halogens is 1. The predicted octanol–water partition coefficient (Wildman–Crippen LogP) is 6.45. The number of nitrogens with one attached hydrogen (secondary N) is 2. The van der Waals surface area contributed by atoms with Crippen molar-refractivity contribution >= 4 is 44.2 Å². The van der Waals surface area contributed by atoms with E-state index in [0.29, 0.717) is 17.7 Å². The Labute approximate surface area is 216 Å². The highest BCUT2D eigenvalue weighted by Gasteiger charge is 2.18. The van der Waals surface area contributed by atoms with Crippen LogP contribution in [0.4, 0.5) is 11.6 Å². The first kappa shape index (κ1) is 24.5. The highest BCUT2D eigenvalue weighted by atomic mass is 35.5. The van der Waals surface area contributed by atoms with Crippen molar-refractivity contribution < 1.29 is 8.42 Å². The molecule has 2 aromatic carbocycles. The molecule has 0 radical (unpaired) electrons. The lowest BCUT2D eigenvalue weighted by molar-refractivity contribution is 0.461. The third kappa shape index (κ3) is 5.29. The standard InChI is InChI=1S/C27H28ClN5O2S/c1-2-18-14-19(15-20-16-30-27(32-26(18)20)31-21-8-4-3-5-9-21)24-13-12-22(17-29-24)33-36(34,35)25-11-7-6-10-23(25)28/h6-7,10-17,21,33H,2-5,8-9H2,1H3,(H,30,31,32). The molecule has 0 aliphatic heterocycles. The molecular formula is C27H28ClN5O2S. The number of hydrogen-bond acceptors (Lipinski definition) is 6. The van der Waals surface area contributed by atoms with Gasteiger partial charge in [-0.15, -0.1) is 0 Å². The van der Waals surface area contributed by atoms with Crippen molar-refractivity contribution in [2.45, 2.75) is 56.4 Å². The number of pyridine rings is 1. The molecule has 0 atom stereocenters. The molecule has 2 heterocycles. The van der Waals surface area contributed by atoms with Gasteiger partial charge in [0.05, 0.1) is 28.1 Å². The average Bonchev–Trinajstić information content (AvgIpc) is 2.89. The smallest absolute Gasteiger partial charge is 0.263 e. The van der Waals surface area contributed by atoms with E-state index in [0.717, 1.165) is 47.0 Å². The van der Waals surface area contributed by atoms with Crippen LogP contribution in [-0.2, 0) is 16.4 Å². The topological polar surface area (TPSA) is 96.9 Å². The Bertz CT molecular complexity index is 1490. The van der Waals surface area contributed by atoms with Crippen LogP contribution in [0.1, 0.15) is 44.6 Å². The molecule has 4 aromatic rings. The fourth-order valence-corrected chi connectivity index (χ4v) is 6.20. The van der Waals surface area contributed by atoms with Gasteiger partial charge in [0.25, 0.3) is 10.0 Å². The fraction of sp³-hybridized carbons (Fsp3) is 0.296. The van der Waals surface area contributed by atoms with Crippen molar-refractivity contribution in [3.05, 3.63) is 71.5 Å². The first-order valence-electron chi connectivity index (χ1n) is 12.2. The van der Waals surface area contributed by atoms with E-state index in [9.17, 15) is 8.42 Å². The van der Waals surface area contributed by atoms with Gasteiger partial charge in [0, 0.05) is 23.2 Å². The molecular weight excluding hydrogens is 494 g/mol. The van der Waals surface area contributed by atoms with Crippen LogP contribution in [0.25, 0.3) is 22.2 Å². The fourth-order valence-electron chi connectivity index (χ4n) is 4.63. The number of benzene rings is 2. The van der Waals surface area contributed by atoms with E-state index in [1.54, 1.807) is 30.3 Å². The van der Waals surface area contributed by atoms with Crippen molar-refractivity contribution in [2.24, 2.45) is 0 Å². The van der Waals surface area contributed by atoms with E-state index in [2.05, 4.69) is 33.0 Å². The maximum atomic E-state index is 12.7. The average molecular weight is 522 g/mol. The van der Waals surface area contributed by atoms with Crippen molar-refractivity contribution in [3.8, 4) is 11.3 Å². The van der Waals surface area contributed by atoms with Crippen LogP contribution in [0.2, 0.25) is 5.02 Å². The molecule has 0 unspecified atom stereocenters. The summed E-state index contributed by atoms with van der Waals surface area (Å²) in [5.74, 6) is 0.685. The third-order valence-corrected chi connectivity index (χ3v) is 8.40. The minimum Gasteiger partial charge on any atom is -0.351 e. The normalized spacial score (nSPS) is 14.6. The molecule has 1 fully saturated rings. The highest BCUT2D eigenvalue weighted by molar-refractivity contribution is 7.92. The molecule has 2 N–H and O–H groups in total. The molecule has 186 valence electrons.